The molecule has 0 aromatic rings. The maximum absolute atomic E-state index is 13.7. The second kappa shape index (κ2) is 18.3. The Bertz CT molecular complexity index is 1420. The molecular formula is C33H42F18O8. The van der Waals surface area contributed by atoms with Crippen LogP contribution in [0, 0.1) is 33.5 Å². The van der Waals surface area contributed by atoms with Crippen molar-refractivity contribution in [2.24, 2.45) is 33.5 Å². The van der Waals surface area contributed by atoms with E-state index in [0.29, 0.717) is 0 Å². The molecule has 0 aromatic carbocycles. The van der Waals surface area contributed by atoms with Gasteiger partial charge in [-0.3, -0.25) is 14.4 Å². The summed E-state index contributed by atoms with van der Waals surface area (Å²) in [6, 6.07) is 0. The molecule has 0 spiro atoms. The van der Waals surface area contributed by atoms with Gasteiger partial charge >= 0.3 is 60.9 Å². The fraction of sp³-hybridized carbons (Fsp3) is 0.879. The zero-order valence-electron chi connectivity index (χ0n) is 32.5. The summed E-state index contributed by atoms with van der Waals surface area (Å²) in [7, 11) is 0. The lowest BCUT2D eigenvalue weighted by Gasteiger charge is -2.41. The molecule has 8 nitrogen and oxygen atoms in total. The minimum atomic E-state index is -6.24. The average Bonchev–Trinajstić information content (AvgIpc) is 3.00. The van der Waals surface area contributed by atoms with Crippen LogP contribution in [0.25, 0.3) is 0 Å². The molecule has 0 aliphatic heterocycles. The number of alkyl halides is 18. The molecule has 59 heavy (non-hydrogen) atoms. The lowest BCUT2D eigenvalue weighted by Crippen LogP contribution is -2.51. The number of hydrogen-bond donors (Lipinski definition) is 0. The predicted molar refractivity (Wildman–Crippen MR) is 163 cm³/mol. The summed E-state index contributed by atoms with van der Waals surface area (Å²) >= 11 is 0. The van der Waals surface area contributed by atoms with E-state index in [0.717, 1.165) is 55.4 Å². The van der Waals surface area contributed by atoms with Gasteiger partial charge in [-0.05, 0) is 65.7 Å². The van der Waals surface area contributed by atoms with Gasteiger partial charge in [0.1, 0.15) is 6.10 Å². The Kier molecular flexibility index (Phi) is 17.3. The first-order chi connectivity index (χ1) is 25.7. The van der Waals surface area contributed by atoms with E-state index in [4.69, 9.17) is 4.74 Å². The van der Waals surface area contributed by atoms with E-state index in [9.17, 15) is 98.2 Å². The van der Waals surface area contributed by atoms with Gasteiger partial charge in [-0.25, -0.2) is 4.79 Å². The maximum Gasteiger partial charge on any atom is 0.434 e. The number of rotatable bonds is 17. The smallest absolute Gasteiger partial charge is 0.434 e. The van der Waals surface area contributed by atoms with E-state index < -0.39 is 145 Å². The Labute approximate surface area is 324 Å². The third kappa shape index (κ3) is 14.4. The Morgan fingerprint density at radius 3 is 1.25 bits per heavy atom. The largest absolute Gasteiger partial charge is 0.462 e. The predicted octanol–water partition coefficient (Wildman–Crippen LogP) is 10.6. The van der Waals surface area contributed by atoms with Crippen LogP contribution in [0.5, 0.6) is 0 Å². The summed E-state index contributed by atoms with van der Waals surface area (Å²) in [5.41, 5.74) is -11.8. The highest BCUT2D eigenvalue weighted by Gasteiger charge is 2.68. The van der Waals surface area contributed by atoms with Gasteiger partial charge in [-0.15, -0.1) is 0 Å². The van der Waals surface area contributed by atoms with Crippen molar-refractivity contribution in [3.8, 4) is 0 Å². The molecule has 0 saturated carbocycles. The standard InChI is InChI=1S/C33H42F18O8/c1-10-26(8,23(55)59-20(30(40,41)42)31(43,44)45)16(4)11-25(7,22(54)56-13-18(52)58-19(28(34,35)36)29(37,38)39)14-24(5,6)21(53)57-17(15(2)3)12-27(9,32(46,47)48)33(49,50)51/h15-17,19-20H,10-14H2,1-9H3. The Morgan fingerprint density at radius 2 is 0.915 bits per heavy atom. The molecule has 0 aliphatic rings. The van der Waals surface area contributed by atoms with Crippen LogP contribution in [0.1, 0.15) is 88.0 Å². The molecular weight excluding hydrogens is 866 g/mol. The van der Waals surface area contributed by atoms with Crippen LogP contribution in [-0.4, -0.2) is 85.9 Å². The van der Waals surface area contributed by atoms with Crippen LogP contribution < -0.4 is 0 Å². The zero-order chi connectivity index (χ0) is 47.6. The van der Waals surface area contributed by atoms with E-state index in [1.807, 2.05) is 0 Å². The highest BCUT2D eigenvalue weighted by molar-refractivity contribution is 5.83. The molecule has 0 radical (unpaired) electrons. The first kappa shape index (κ1) is 55.6. The quantitative estimate of drug-likeness (QED) is 0.0807. The van der Waals surface area contributed by atoms with Gasteiger partial charge in [0.2, 0.25) is 0 Å². The lowest BCUT2D eigenvalue weighted by atomic mass is 9.64. The van der Waals surface area contributed by atoms with Crippen molar-refractivity contribution in [2.75, 3.05) is 6.61 Å². The van der Waals surface area contributed by atoms with Gasteiger partial charge in [0.05, 0.1) is 16.2 Å². The second-order valence-electron chi connectivity index (χ2n) is 15.6. The summed E-state index contributed by atoms with van der Waals surface area (Å²) in [5.74, 6) is -11.1. The van der Waals surface area contributed by atoms with Gasteiger partial charge in [0.15, 0.2) is 12.0 Å². The highest BCUT2D eigenvalue weighted by Crippen LogP contribution is 2.54. The van der Waals surface area contributed by atoms with Gasteiger partial charge in [0.25, 0.3) is 12.2 Å². The van der Waals surface area contributed by atoms with Gasteiger partial charge < -0.3 is 18.9 Å². The summed E-state index contributed by atoms with van der Waals surface area (Å²) < 4.78 is 256. The molecule has 0 amide bonds. The van der Waals surface area contributed by atoms with Crippen molar-refractivity contribution in [1.29, 1.82) is 0 Å². The summed E-state index contributed by atoms with van der Waals surface area (Å²) in [6.07, 6.45) is -53.1. The topological polar surface area (TPSA) is 105 Å². The number of hydrogen-bond acceptors (Lipinski definition) is 8. The second-order valence-corrected chi connectivity index (χ2v) is 15.6. The fourth-order valence-electron chi connectivity index (χ4n) is 5.72. The van der Waals surface area contributed by atoms with E-state index in [2.05, 4.69) is 14.2 Å². The lowest BCUT2D eigenvalue weighted by molar-refractivity contribution is -0.342. The first-order valence-electron chi connectivity index (χ1n) is 16.9. The van der Waals surface area contributed by atoms with Crippen molar-refractivity contribution in [1.82, 2.24) is 0 Å². The van der Waals surface area contributed by atoms with E-state index in [-0.39, 0.29) is 6.92 Å². The Morgan fingerprint density at radius 1 is 0.525 bits per heavy atom. The van der Waals surface area contributed by atoms with Gasteiger partial charge in [0, 0.05) is 6.42 Å². The minimum absolute atomic E-state index is 0.214. The van der Waals surface area contributed by atoms with E-state index in [1.54, 1.807) is 0 Å². The van der Waals surface area contributed by atoms with Gasteiger partial charge in [-0.1, -0.05) is 27.7 Å². The molecule has 0 fully saturated rings. The Hall–Kier alpha value is -3.38. The highest BCUT2D eigenvalue weighted by atomic mass is 19.4. The van der Waals surface area contributed by atoms with Crippen molar-refractivity contribution < 1.29 is 117 Å². The van der Waals surface area contributed by atoms with Crippen LogP contribution in [0.2, 0.25) is 0 Å². The molecule has 0 aromatic heterocycles. The molecule has 26 heteroatoms. The van der Waals surface area contributed by atoms with E-state index >= 15 is 0 Å². The summed E-state index contributed by atoms with van der Waals surface area (Å²) in [6.45, 7) is 5.14. The number of carbonyl (C=O) groups is 4. The number of esters is 4. The SMILES string of the molecule is CCC(C)(C(=O)OC(C(F)(F)F)C(F)(F)F)C(C)CC(C)(CC(C)(C)C(=O)OC(CC(C)(C(F)(F)F)C(F)(F)F)C(C)C)C(=O)OCC(=O)OC(C(F)(F)F)C(F)(F)F. The molecule has 0 rings (SSSR count). The van der Waals surface area contributed by atoms with Crippen LogP contribution in [-0.2, 0) is 38.1 Å². The average molecular weight is 909 g/mol. The van der Waals surface area contributed by atoms with E-state index in [1.165, 1.54) is 0 Å². The molecule has 348 valence electrons. The third-order valence-corrected chi connectivity index (χ3v) is 9.77. The first-order valence-corrected chi connectivity index (χ1v) is 16.9. The molecule has 0 heterocycles. The number of halogens is 18. The minimum Gasteiger partial charge on any atom is -0.462 e. The van der Waals surface area contributed by atoms with Crippen molar-refractivity contribution in [3.05, 3.63) is 0 Å². The molecule has 0 N–H and O–H groups in total. The maximum atomic E-state index is 13.7. The monoisotopic (exact) mass is 908 g/mol. The summed E-state index contributed by atoms with van der Waals surface area (Å²) in [4.78, 5) is 52.1. The zero-order valence-corrected chi connectivity index (χ0v) is 32.5. The van der Waals surface area contributed by atoms with Crippen molar-refractivity contribution in [3.63, 3.8) is 0 Å². The van der Waals surface area contributed by atoms with Crippen LogP contribution in [0.3, 0.4) is 0 Å². The molecule has 0 aliphatic carbocycles. The molecule has 0 bridgehead atoms. The van der Waals surface area contributed by atoms with Crippen LogP contribution in [0.15, 0.2) is 0 Å². The normalized spacial score (nSPS) is 17.3. The van der Waals surface area contributed by atoms with Crippen molar-refractivity contribution >= 4 is 23.9 Å². The summed E-state index contributed by atoms with van der Waals surface area (Å²) in [5, 5.41) is 0. The third-order valence-electron chi connectivity index (χ3n) is 9.77. The Balaban J connectivity index is 7.10. The molecule has 4 unspecified atom stereocenters. The number of carbonyl (C=O) groups excluding carboxylic acids is 4. The molecule has 4 atom stereocenters. The van der Waals surface area contributed by atoms with Crippen molar-refractivity contribution in [2.45, 2.75) is 143 Å². The van der Waals surface area contributed by atoms with Crippen LogP contribution in [0.4, 0.5) is 79.0 Å². The number of ether oxygens (including phenoxy) is 4. The van der Waals surface area contributed by atoms with Crippen LogP contribution >= 0.6 is 0 Å². The molecule has 0 saturated heterocycles. The van der Waals surface area contributed by atoms with Gasteiger partial charge in [-0.2, -0.15) is 79.0 Å². The fourth-order valence-corrected chi connectivity index (χ4v) is 5.72.